The zero-order valence-corrected chi connectivity index (χ0v) is 6.17. The van der Waals surface area contributed by atoms with Crippen molar-refractivity contribution in [3.05, 3.63) is 0 Å². The molecule has 1 heterocycles. The second kappa shape index (κ2) is 3.68. The van der Waals surface area contributed by atoms with Gasteiger partial charge in [0.05, 0.1) is 19.3 Å². The molecule has 0 bridgehead atoms. The van der Waals surface area contributed by atoms with Gasteiger partial charge in [-0.3, -0.25) is 9.69 Å². The molecule has 1 radical (unpaired) electrons. The maximum absolute atomic E-state index is 10.2. The standard InChI is InChI=1S/C7H12NO2/c1-7(6-9)8-2-4-10-5-3-8/h7H,2-5H2,1H3. The molecule has 3 nitrogen and oxygen atoms in total. The van der Waals surface area contributed by atoms with Crippen molar-refractivity contribution in [2.24, 2.45) is 0 Å². The normalized spacial score (nSPS) is 24.1. The molecule has 3 heteroatoms. The minimum Gasteiger partial charge on any atom is -0.379 e. The summed E-state index contributed by atoms with van der Waals surface area (Å²) in [5, 5.41) is 0. The summed E-state index contributed by atoms with van der Waals surface area (Å²) in [6, 6.07) is -0.0658. The van der Waals surface area contributed by atoms with Crippen LogP contribution < -0.4 is 0 Å². The van der Waals surface area contributed by atoms with E-state index in [1.807, 2.05) is 13.2 Å². The van der Waals surface area contributed by atoms with Crippen molar-refractivity contribution in [1.82, 2.24) is 4.90 Å². The topological polar surface area (TPSA) is 29.5 Å². The van der Waals surface area contributed by atoms with E-state index in [0.717, 1.165) is 26.3 Å². The van der Waals surface area contributed by atoms with E-state index < -0.39 is 0 Å². The van der Waals surface area contributed by atoms with E-state index in [1.54, 1.807) is 0 Å². The summed E-state index contributed by atoms with van der Waals surface area (Å²) in [5.74, 6) is 0. The number of nitrogens with zero attached hydrogens (tertiary/aromatic N) is 1. The maximum Gasteiger partial charge on any atom is 0.216 e. The van der Waals surface area contributed by atoms with Crippen LogP contribution in [0.1, 0.15) is 6.92 Å². The Kier molecular flexibility index (Phi) is 2.83. The predicted octanol–water partition coefficient (Wildman–Crippen LogP) is -0.183. The quantitative estimate of drug-likeness (QED) is 0.535. The molecule has 0 amide bonds. The third kappa shape index (κ3) is 1.78. The molecule has 10 heavy (non-hydrogen) atoms. The van der Waals surface area contributed by atoms with Crippen LogP contribution in [0.15, 0.2) is 0 Å². The number of rotatable bonds is 2. The Labute approximate surface area is 61.0 Å². The summed E-state index contributed by atoms with van der Waals surface area (Å²) in [4.78, 5) is 12.3. The molecule has 1 rings (SSSR count). The molecule has 0 aliphatic carbocycles. The van der Waals surface area contributed by atoms with Crippen molar-refractivity contribution in [2.75, 3.05) is 26.3 Å². The minimum atomic E-state index is -0.0658. The van der Waals surface area contributed by atoms with Gasteiger partial charge >= 0.3 is 0 Å². The number of morpholine rings is 1. The molecule has 1 atom stereocenters. The van der Waals surface area contributed by atoms with Gasteiger partial charge in [-0.1, -0.05) is 0 Å². The Bertz CT molecular complexity index is 110. The van der Waals surface area contributed by atoms with Crippen LogP contribution in [0.4, 0.5) is 0 Å². The molecule has 1 aliphatic heterocycles. The molecule has 0 spiro atoms. The Hall–Kier alpha value is -0.410. The highest BCUT2D eigenvalue weighted by molar-refractivity contribution is 5.57. The van der Waals surface area contributed by atoms with Crippen molar-refractivity contribution in [1.29, 1.82) is 0 Å². The fourth-order valence-corrected chi connectivity index (χ4v) is 1.04. The zero-order chi connectivity index (χ0) is 7.40. The number of hydrogen-bond acceptors (Lipinski definition) is 3. The van der Waals surface area contributed by atoms with Crippen molar-refractivity contribution in [3.63, 3.8) is 0 Å². The molecular weight excluding hydrogens is 130 g/mol. The highest BCUT2D eigenvalue weighted by Gasteiger charge is 2.15. The molecule has 0 aromatic heterocycles. The molecule has 57 valence electrons. The van der Waals surface area contributed by atoms with Gasteiger partial charge in [-0.25, -0.2) is 0 Å². The van der Waals surface area contributed by atoms with E-state index in [9.17, 15) is 4.79 Å². The van der Waals surface area contributed by atoms with E-state index in [2.05, 4.69) is 4.90 Å². The lowest BCUT2D eigenvalue weighted by Crippen LogP contribution is -2.42. The summed E-state index contributed by atoms with van der Waals surface area (Å²) in [7, 11) is 0. The Morgan fingerprint density at radius 2 is 2.10 bits per heavy atom. The van der Waals surface area contributed by atoms with Crippen molar-refractivity contribution < 1.29 is 9.53 Å². The molecule has 0 saturated carbocycles. The second-order valence-electron chi connectivity index (χ2n) is 2.44. The van der Waals surface area contributed by atoms with Gasteiger partial charge in [0, 0.05) is 13.1 Å². The average Bonchev–Trinajstić information content (AvgIpc) is 2.05. The smallest absolute Gasteiger partial charge is 0.216 e. The second-order valence-corrected chi connectivity index (χ2v) is 2.44. The van der Waals surface area contributed by atoms with E-state index >= 15 is 0 Å². The summed E-state index contributed by atoms with van der Waals surface area (Å²) >= 11 is 0. The van der Waals surface area contributed by atoms with Crippen LogP contribution in [0.3, 0.4) is 0 Å². The van der Waals surface area contributed by atoms with Gasteiger partial charge < -0.3 is 4.74 Å². The molecular formula is C7H12NO2. The highest BCUT2D eigenvalue weighted by atomic mass is 16.5. The fraction of sp³-hybridized carbons (Fsp3) is 0.857. The van der Waals surface area contributed by atoms with E-state index in [1.165, 1.54) is 0 Å². The van der Waals surface area contributed by atoms with E-state index in [4.69, 9.17) is 4.74 Å². The molecule has 1 unspecified atom stereocenters. The van der Waals surface area contributed by atoms with Crippen LogP contribution in [0, 0.1) is 0 Å². The van der Waals surface area contributed by atoms with Crippen LogP contribution in [0.2, 0.25) is 0 Å². The van der Waals surface area contributed by atoms with Gasteiger partial charge in [-0.15, -0.1) is 0 Å². The zero-order valence-electron chi connectivity index (χ0n) is 6.17. The maximum atomic E-state index is 10.2. The predicted molar refractivity (Wildman–Crippen MR) is 37.5 cm³/mol. The number of ether oxygens (including phenoxy) is 1. The molecule has 1 fully saturated rings. The van der Waals surface area contributed by atoms with Crippen LogP contribution in [0.25, 0.3) is 0 Å². The summed E-state index contributed by atoms with van der Waals surface area (Å²) in [6.07, 6.45) is 1.96. The van der Waals surface area contributed by atoms with Crippen LogP contribution in [-0.2, 0) is 9.53 Å². The largest absolute Gasteiger partial charge is 0.379 e. The van der Waals surface area contributed by atoms with Gasteiger partial charge in [-0.2, -0.15) is 0 Å². The Balaban J connectivity index is 2.30. The van der Waals surface area contributed by atoms with Crippen molar-refractivity contribution in [2.45, 2.75) is 13.0 Å². The van der Waals surface area contributed by atoms with Gasteiger partial charge in [0.2, 0.25) is 6.29 Å². The van der Waals surface area contributed by atoms with Crippen molar-refractivity contribution >= 4 is 6.29 Å². The third-order valence-electron chi connectivity index (χ3n) is 1.76. The number of hydrogen-bond donors (Lipinski definition) is 0. The van der Waals surface area contributed by atoms with Crippen molar-refractivity contribution in [3.8, 4) is 0 Å². The lowest BCUT2D eigenvalue weighted by molar-refractivity contribution is 0.0314. The lowest BCUT2D eigenvalue weighted by atomic mass is 10.3. The molecule has 0 aromatic rings. The van der Waals surface area contributed by atoms with Crippen LogP contribution in [-0.4, -0.2) is 43.5 Å². The first-order valence-corrected chi connectivity index (χ1v) is 3.54. The SMILES string of the molecule is CC([C]=O)N1CCOCC1. The van der Waals surface area contributed by atoms with Crippen LogP contribution in [0.5, 0.6) is 0 Å². The Morgan fingerprint density at radius 1 is 1.50 bits per heavy atom. The third-order valence-corrected chi connectivity index (χ3v) is 1.76. The van der Waals surface area contributed by atoms with E-state index in [0.29, 0.717) is 0 Å². The summed E-state index contributed by atoms with van der Waals surface area (Å²) in [5.41, 5.74) is 0. The monoisotopic (exact) mass is 142 g/mol. The van der Waals surface area contributed by atoms with Gasteiger partial charge in [0.1, 0.15) is 0 Å². The molecule has 0 N–H and O–H groups in total. The molecule has 0 aromatic carbocycles. The summed E-state index contributed by atoms with van der Waals surface area (Å²) in [6.45, 7) is 5.06. The first-order chi connectivity index (χ1) is 4.84. The molecule has 1 saturated heterocycles. The molecule has 1 aliphatic rings. The number of carbonyl (C=O) groups excluding carboxylic acids is 1. The minimum absolute atomic E-state index is 0.0658. The van der Waals surface area contributed by atoms with Gasteiger partial charge in [0.25, 0.3) is 0 Å². The highest BCUT2D eigenvalue weighted by Crippen LogP contribution is 2.00. The van der Waals surface area contributed by atoms with E-state index in [-0.39, 0.29) is 6.04 Å². The van der Waals surface area contributed by atoms with Gasteiger partial charge in [0.15, 0.2) is 0 Å². The fourth-order valence-electron chi connectivity index (χ4n) is 1.04. The summed E-state index contributed by atoms with van der Waals surface area (Å²) < 4.78 is 5.12. The lowest BCUT2D eigenvalue weighted by Gasteiger charge is -2.28. The van der Waals surface area contributed by atoms with Gasteiger partial charge in [-0.05, 0) is 6.92 Å². The Morgan fingerprint density at radius 3 is 2.60 bits per heavy atom. The average molecular weight is 142 g/mol. The van der Waals surface area contributed by atoms with Crippen LogP contribution >= 0.6 is 0 Å². The first kappa shape index (κ1) is 7.69. The first-order valence-electron chi connectivity index (χ1n) is 3.54.